The van der Waals surface area contributed by atoms with E-state index in [-0.39, 0.29) is 6.04 Å². The first kappa shape index (κ1) is 14.7. The molecule has 2 nitrogen and oxygen atoms in total. The van der Waals surface area contributed by atoms with Crippen molar-refractivity contribution in [3.8, 4) is 0 Å². The van der Waals surface area contributed by atoms with Gasteiger partial charge in [0.05, 0.1) is 16.3 Å². The van der Waals surface area contributed by atoms with E-state index in [1.54, 1.807) is 11.3 Å². The van der Waals surface area contributed by atoms with Crippen LogP contribution < -0.4 is 5.32 Å². The van der Waals surface area contributed by atoms with Crippen LogP contribution in [0.25, 0.3) is 10.2 Å². The number of nitrogens with zero attached hydrogens (tertiary/aromatic N) is 1. The molecule has 0 saturated heterocycles. The number of rotatable bonds is 4. The monoisotopic (exact) mass is 360 g/mol. The molecule has 0 aliphatic rings. The van der Waals surface area contributed by atoms with Crippen molar-refractivity contribution in [2.45, 2.75) is 25.9 Å². The lowest BCUT2D eigenvalue weighted by Gasteiger charge is -2.18. The van der Waals surface area contributed by atoms with Crippen LogP contribution in [0.3, 0.4) is 0 Å². The van der Waals surface area contributed by atoms with E-state index in [1.165, 1.54) is 10.3 Å². The highest BCUT2D eigenvalue weighted by Gasteiger charge is 2.14. The van der Waals surface area contributed by atoms with Gasteiger partial charge in [0, 0.05) is 10.5 Å². The van der Waals surface area contributed by atoms with Gasteiger partial charge in [-0.1, -0.05) is 40.2 Å². The molecular formula is C17H17BrN2S. The number of fused-ring (bicyclic) bond motifs is 1. The molecule has 0 bridgehead atoms. The molecule has 0 amide bonds. The topological polar surface area (TPSA) is 24.9 Å². The highest BCUT2D eigenvalue weighted by molar-refractivity contribution is 9.10. The van der Waals surface area contributed by atoms with Crippen molar-refractivity contribution >= 4 is 37.5 Å². The SMILES string of the molecule is CC(N[C@H](C)c1ccc(Br)cc1)c1nc2ccccc2s1. The van der Waals surface area contributed by atoms with Crippen molar-refractivity contribution in [3.63, 3.8) is 0 Å². The van der Waals surface area contributed by atoms with Gasteiger partial charge in [-0.25, -0.2) is 4.98 Å². The maximum atomic E-state index is 4.72. The highest BCUT2D eigenvalue weighted by atomic mass is 79.9. The molecule has 1 heterocycles. The predicted molar refractivity (Wildman–Crippen MR) is 93.7 cm³/mol. The molecule has 0 radical (unpaired) electrons. The molecule has 2 aromatic carbocycles. The Kier molecular flexibility index (Phi) is 4.38. The number of nitrogens with one attached hydrogen (secondary N) is 1. The van der Waals surface area contributed by atoms with Gasteiger partial charge in [-0.2, -0.15) is 0 Å². The van der Waals surface area contributed by atoms with Gasteiger partial charge in [0.1, 0.15) is 5.01 Å². The fourth-order valence-electron chi connectivity index (χ4n) is 2.37. The zero-order valence-corrected chi connectivity index (χ0v) is 14.4. The summed E-state index contributed by atoms with van der Waals surface area (Å²) in [7, 11) is 0. The molecule has 0 saturated carbocycles. The molecule has 2 atom stereocenters. The van der Waals surface area contributed by atoms with Gasteiger partial charge in [-0.05, 0) is 43.7 Å². The zero-order valence-electron chi connectivity index (χ0n) is 12.0. The predicted octanol–water partition coefficient (Wildman–Crippen LogP) is 5.47. The first-order valence-electron chi connectivity index (χ1n) is 7.00. The normalized spacial score (nSPS) is 14.2. The smallest absolute Gasteiger partial charge is 0.111 e. The van der Waals surface area contributed by atoms with Gasteiger partial charge < -0.3 is 5.32 Å². The summed E-state index contributed by atoms with van der Waals surface area (Å²) < 4.78 is 2.36. The number of aromatic nitrogens is 1. The fraction of sp³-hybridized carbons (Fsp3) is 0.235. The van der Waals surface area contributed by atoms with E-state index in [0.29, 0.717) is 6.04 Å². The lowest BCUT2D eigenvalue weighted by atomic mass is 10.1. The van der Waals surface area contributed by atoms with Gasteiger partial charge >= 0.3 is 0 Å². The molecular weight excluding hydrogens is 344 g/mol. The van der Waals surface area contributed by atoms with Crippen LogP contribution in [0.15, 0.2) is 53.0 Å². The molecule has 21 heavy (non-hydrogen) atoms. The average molecular weight is 361 g/mol. The van der Waals surface area contributed by atoms with Crippen LogP contribution in [-0.2, 0) is 0 Å². The summed E-state index contributed by atoms with van der Waals surface area (Å²) in [6.07, 6.45) is 0. The van der Waals surface area contributed by atoms with Gasteiger partial charge in [-0.15, -0.1) is 11.3 Å². The molecule has 108 valence electrons. The Balaban J connectivity index is 1.75. The van der Waals surface area contributed by atoms with Crippen molar-refractivity contribution in [1.29, 1.82) is 0 Å². The van der Waals surface area contributed by atoms with Crippen LogP contribution in [0.2, 0.25) is 0 Å². The van der Waals surface area contributed by atoms with Crippen molar-refractivity contribution in [2.24, 2.45) is 0 Å². The Morgan fingerprint density at radius 2 is 1.71 bits per heavy atom. The number of benzene rings is 2. The number of thiazole rings is 1. The van der Waals surface area contributed by atoms with E-state index >= 15 is 0 Å². The summed E-state index contributed by atoms with van der Waals surface area (Å²) in [6, 6.07) is 17.3. The second kappa shape index (κ2) is 6.26. The second-order valence-electron chi connectivity index (χ2n) is 5.18. The van der Waals surface area contributed by atoms with E-state index in [1.807, 2.05) is 6.07 Å². The average Bonchev–Trinajstić information content (AvgIpc) is 2.92. The van der Waals surface area contributed by atoms with Crippen LogP contribution in [0.5, 0.6) is 0 Å². The number of para-hydroxylation sites is 1. The van der Waals surface area contributed by atoms with Gasteiger partial charge in [-0.3, -0.25) is 0 Å². The molecule has 0 fully saturated rings. The fourth-order valence-corrected chi connectivity index (χ4v) is 3.61. The van der Waals surface area contributed by atoms with E-state index in [9.17, 15) is 0 Å². The molecule has 4 heteroatoms. The van der Waals surface area contributed by atoms with E-state index in [0.717, 1.165) is 15.0 Å². The molecule has 0 aliphatic heterocycles. The lowest BCUT2D eigenvalue weighted by Crippen LogP contribution is -2.22. The Morgan fingerprint density at radius 3 is 2.43 bits per heavy atom. The van der Waals surface area contributed by atoms with Crippen LogP contribution in [-0.4, -0.2) is 4.98 Å². The molecule has 1 aromatic heterocycles. The first-order chi connectivity index (χ1) is 10.1. The summed E-state index contributed by atoms with van der Waals surface area (Å²) in [5.74, 6) is 0. The minimum atomic E-state index is 0.237. The Bertz CT molecular complexity index is 703. The van der Waals surface area contributed by atoms with Crippen LogP contribution >= 0.6 is 27.3 Å². The minimum Gasteiger partial charge on any atom is -0.302 e. The third-order valence-electron chi connectivity index (χ3n) is 3.55. The Hall–Kier alpha value is -1.23. The molecule has 3 rings (SSSR count). The van der Waals surface area contributed by atoms with Crippen molar-refractivity contribution in [1.82, 2.24) is 10.3 Å². The summed E-state index contributed by atoms with van der Waals surface area (Å²) >= 11 is 5.24. The van der Waals surface area contributed by atoms with E-state index < -0.39 is 0 Å². The third kappa shape index (κ3) is 3.34. The lowest BCUT2D eigenvalue weighted by molar-refractivity contribution is 0.493. The summed E-state index contributed by atoms with van der Waals surface area (Å²) in [5.41, 5.74) is 2.37. The quantitative estimate of drug-likeness (QED) is 0.666. The van der Waals surface area contributed by atoms with Crippen molar-refractivity contribution < 1.29 is 0 Å². The number of halogens is 1. The van der Waals surface area contributed by atoms with E-state index in [2.05, 4.69) is 77.6 Å². The van der Waals surface area contributed by atoms with Crippen LogP contribution in [0, 0.1) is 0 Å². The Labute approximate surface area is 137 Å². The second-order valence-corrected chi connectivity index (χ2v) is 7.16. The standard InChI is InChI=1S/C17H17BrN2S/c1-11(13-7-9-14(18)10-8-13)19-12(2)17-20-15-5-3-4-6-16(15)21-17/h3-12,19H,1-2H3/t11-,12?/m1/s1. The van der Waals surface area contributed by atoms with Gasteiger partial charge in [0.2, 0.25) is 0 Å². The zero-order chi connectivity index (χ0) is 14.8. The van der Waals surface area contributed by atoms with Crippen molar-refractivity contribution in [3.05, 3.63) is 63.6 Å². The Morgan fingerprint density at radius 1 is 1.00 bits per heavy atom. The van der Waals surface area contributed by atoms with Crippen LogP contribution in [0.1, 0.15) is 36.5 Å². The van der Waals surface area contributed by atoms with E-state index in [4.69, 9.17) is 4.98 Å². The van der Waals surface area contributed by atoms with Gasteiger partial charge in [0.15, 0.2) is 0 Å². The molecule has 1 N–H and O–H groups in total. The summed E-state index contributed by atoms with van der Waals surface area (Å²) in [5, 5.41) is 4.76. The maximum Gasteiger partial charge on any atom is 0.111 e. The van der Waals surface area contributed by atoms with Gasteiger partial charge in [0.25, 0.3) is 0 Å². The van der Waals surface area contributed by atoms with Crippen LogP contribution in [0.4, 0.5) is 0 Å². The maximum absolute atomic E-state index is 4.72. The summed E-state index contributed by atoms with van der Waals surface area (Å²) in [6.45, 7) is 4.36. The molecule has 3 aromatic rings. The van der Waals surface area contributed by atoms with Crippen molar-refractivity contribution in [2.75, 3.05) is 0 Å². The minimum absolute atomic E-state index is 0.237. The number of hydrogen-bond donors (Lipinski definition) is 1. The number of hydrogen-bond acceptors (Lipinski definition) is 3. The molecule has 0 aliphatic carbocycles. The first-order valence-corrected chi connectivity index (χ1v) is 8.61. The summed E-state index contributed by atoms with van der Waals surface area (Å²) in [4.78, 5) is 4.72. The largest absolute Gasteiger partial charge is 0.302 e. The third-order valence-corrected chi connectivity index (χ3v) is 5.30. The molecule has 0 spiro atoms. The molecule has 1 unspecified atom stereocenters. The highest BCUT2D eigenvalue weighted by Crippen LogP contribution is 2.28.